The van der Waals surface area contributed by atoms with Gasteiger partial charge in [0, 0.05) is 6.92 Å². The third-order valence-corrected chi connectivity index (χ3v) is 0.379. The van der Waals surface area contributed by atoms with Crippen molar-refractivity contribution in [3.8, 4) is 0 Å². The van der Waals surface area contributed by atoms with Crippen LogP contribution in [0.5, 0.6) is 0 Å². The average Bonchev–Trinajstić information content (AvgIpc) is 1.80. The summed E-state index contributed by atoms with van der Waals surface area (Å²) >= 11 is 0. The van der Waals surface area contributed by atoms with Gasteiger partial charge in [-0.05, 0) is 0 Å². The number of carboxylic acid groups (broad SMARTS) is 1. The van der Waals surface area contributed by atoms with Gasteiger partial charge in [-0.25, -0.2) is 4.79 Å². The van der Waals surface area contributed by atoms with Crippen molar-refractivity contribution in [1.82, 2.24) is 0 Å². The Balaban J connectivity index is 0. The Labute approximate surface area is 76.7 Å². The first-order valence-corrected chi connectivity index (χ1v) is 2.96. The Morgan fingerprint density at radius 3 is 2.00 bits per heavy atom. The quantitative estimate of drug-likeness (QED) is 0.535. The molecule has 0 unspecified atom stereocenters. The molecule has 82 valence electrons. The number of carboxylic acids is 1. The molecule has 0 saturated carbocycles. The van der Waals surface area contributed by atoms with Crippen LogP contribution in [0.4, 0.5) is 18.0 Å². The molecule has 0 aromatic carbocycles. The van der Waals surface area contributed by atoms with E-state index in [0.717, 1.165) is 6.92 Å². The van der Waals surface area contributed by atoms with Gasteiger partial charge >= 0.3 is 12.5 Å². The second kappa shape index (κ2) is 6.75. The number of alkyl halides is 3. The van der Waals surface area contributed by atoms with Crippen molar-refractivity contribution in [2.45, 2.75) is 13.3 Å². The number of ether oxygens (including phenoxy) is 2. The smallest absolute Gasteiger partial charge is 0.481 e. The van der Waals surface area contributed by atoms with Crippen molar-refractivity contribution in [1.29, 1.82) is 0 Å². The minimum atomic E-state index is -5.00. The lowest BCUT2D eigenvalue weighted by molar-refractivity contribution is -0.297. The summed E-state index contributed by atoms with van der Waals surface area (Å²) in [6.45, 7) is 3.92. The average molecular weight is 216 g/mol. The normalized spacial score (nSPS) is 9.14. The fourth-order valence-electron chi connectivity index (χ4n) is 0.187. The molecule has 0 saturated heterocycles. The molecule has 0 aliphatic heterocycles. The molecule has 0 aliphatic rings. The Morgan fingerprint density at radius 1 is 1.43 bits per heavy atom. The fraction of sp³-hybridized carbons (Fsp3) is 0.333. The number of rotatable bonds is 1. The van der Waals surface area contributed by atoms with Gasteiger partial charge < -0.3 is 14.6 Å². The van der Waals surface area contributed by atoms with Gasteiger partial charge in [-0.3, -0.25) is 4.79 Å². The van der Waals surface area contributed by atoms with Crippen molar-refractivity contribution in [3.05, 3.63) is 12.8 Å². The lowest BCUT2D eigenvalue weighted by atomic mass is 10.9. The third kappa shape index (κ3) is 22.4. The summed E-state index contributed by atoms with van der Waals surface area (Å²) in [5, 5.41) is 7.42. The molecule has 1 N–H and O–H groups in total. The van der Waals surface area contributed by atoms with Gasteiger partial charge in [0.25, 0.3) is 5.97 Å². The second-order valence-corrected chi connectivity index (χ2v) is 1.60. The van der Waals surface area contributed by atoms with E-state index in [1.807, 2.05) is 0 Å². The molecule has 5 nitrogen and oxygen atoms in total. The van der Waals surface area contributed by atoms with Crippen LogP contribution in [0.3, 0.4) is 0 Å². The van der Waals surface area contributed by atoms with Crippen LogP contribution < -0.4 is 0 Å². The zero-order valence-electron chi connectivity index (χ0n) is 7.00. The van der Waals surface area contributed by atoms with E-state index in [1.54, 1.807) is 0 Å². The first kappa shape index (κ1) is 14.8. The van der Waals surface area contributed by atoms with Gasteiger partial charge in [0.05, 0.1) is 6.26 Å². The SMILES string of the molecule is C=COC(=O)OC(F)(F)F.CC(=O)O. The molecular formula is C6H7F3O5. The third-order valence-electron chi connectivity index (χ3n) is 0.379. The molecule has 0 spiro atoms. The van der Waals surface area contributed by atoms with Crippen LogP contribution in [0.25, 0.3) is 0 Å². The van der Waals surface area contributed by atoms with Crippen molar-refractivity contribution in [3.63, 3.8) is 0 Å². The van der Waals surface area contributed by atoms with Crippen molar-refractivity contribution >= 4 is 12.1 Å². The number of carbonyl (C=O) groups is 2. The van der Waals surface area contributed by atoms with E-state index in [1.165, 1.54) is 0 Å². The minimum Gasteiger partial charge on any atom is -0.481 e. The molecule has 0 atom stereocenters. The molecule has 0 aromatic rings. The highest BCUT2D eigenvalue weighted by Crippen LogP contribution is 2.16. The predicted octanol–water partition coefficient (Wildman–Crippen LogP) is 1.89. The van der Waals surface area contributed by atoms with E-state index in [-0.39, 0.29) is 0 Å². The second-order valence-electron chi connectivity index (χ2n) is 1.60. The monoisotopic (exact) mass is 216 g/mol. The first-order valence-electron chi connectivity index (χ1n) is 2.96. The van der Waals surface area contributed by atoms with E-state index in [4.69, 9.17) is 9.90 Å². The van der Waals surface area contributed by atoms with Gasteiger partial charge in [0.2, 0.25) is 0 Å². The van der Waals surface area contributed by atoms with Crippen molar-refractivity contribution < 1.29 is 37.3 Å². The zero-order valence-corrected chi connectivity index (χ0v) is 7.00. The largest absolute Gasteiger partial charge is 0.577 e. The number of hydrogen-bond acceptors (Lipinski definition) is 4. The molecular weight excluding hydrogens is 209 g/mol. The topological polar surface area (TPSA) is 72.8 Å². The van der Waals surface area contributed by atoms with Crippen LogP contribution in [0, 0.1) is 0 Å². The highest BCUT2D eigenvalue weighted by molar-refractivity contribution is 5.63. The van der Waals surface area contributed by atoms with E-state index < -0.39 is 18.5 Å². The molecule has 0 aliphatic carbocycles. The van der Waals surface area contributed by atoms with Gasteiger partial charge in [-0.1, -0.05) is 6.58 Å². The number of carbonyl (C=O) groups excluding carboxylic acids is 1. The summed E-state index contributed by atoms with van der Waals surface area (Å²) in [5.41, 5.74) is 0. The molecule has 0 heterocycles. The molecule has 0 aromatic heterocycles. The van der Waals surface area contributed by atoms with Gasteiger partial charge in [-0.15, -0.1) is 13.2 Å². The number of aliphatic carboxylic acids is 1. The molecule has 0 fully saturated rings. The summed E-state index contributed by atoms with van der Waals surface area (Å²) in [6, 6.07) is 0. The van der Waals surface area contributed by atoms with Crippen LogP contribution in [0.2, 0.25) is 0 Å². The summed E-state index contributed by atoms with van der Waals surface area (Å²) < 4.78 is 39.6. The van der Waals surface area contributed by atoms with E-state index >= 15 is 0 Å². The van der Waals surface area contributed by atoms with Crippen LogP contribution in [-0.4, -0.2) is 23.6 Å². The van der Waals surface area contributed by atoms with Gasteiger partial charge in [-0.2, -0.15) is 0 Å². The lowest BCUT2D eigenvalue weighted by Crippen LogP contribution is -2.18. The predicted molar refractivity (Wildman–Crippen MR) is 37.1 cm³/mol. The molecule has 14 heavy (non-hydrogen) atoms. The summed E-state index contributed by atoms with van der Waals surface area (Å²) in [7, 11) is 0. The molecule has 0 rings (SSSR count). The Hall–Kier alpha value is -1.73. The fourth-order valence-corrected chi connectivity index (χ4v) is 0.187. The molecule has 8 heteroatoms. The highest BCUT2D eigenvalue weighted by atomic mass is 19.4. The Morgan fingerprint density at radius 2 is 1.79 bits per heavy atom. The van der Waals surface area contributed by atoms with E-state index in [2.05, 4.69) is 16.1 Å². The maximum atomic E-state index is 11.1. The van der Waals surface area contributed by atoms with Crippen LogP contribution >= 0.6 is 0 Å². The van der Waals surface area contributed by atoms with Crippen LogP contribution in [0.1, 0.15) is 6.92 Å². The van der Waals surface area contributed by atoms with E-state index in [9.17, 15) is 18.0 Å². The minimum absolute atomic E-state index is 0.536. The Bertz CT molecular complexity index is 206. The Kier molecular flexibility index (Phi) is 7.12. The molecule has 0 radical (unpaired) electrons. The summed E-state index contributed by atoms with van der Waals surface area (Å²) in [6.07, 6.45) is -6.31. The zero-order chi connectivity index (χ0) is 11.8. The number of hydrogen-bond donors (Lipinski definition) is 1. The lowest BCUT2D eigenvalue weighted by Gasteiger charge is -2.03. The molecule has 0 amide bonds. The summed E-state index contributed by atoms with van der Waals surface area (Å²) in [5.74, 6) is -0.833. The van der Waals surface area contributed by atoms with Crippen molar-refractivity contribution in [2.24, 2.45) is 0 Å². The van der Waals surface area contributed by atoms with Gasteiger partial charge in [0.1, 0.15) is 0 Å². The van der Waals surface area contributed by atoms with Gasteiger partial charge in [0.15, 0.2) is 0 Å². The molecule has 0 bridgehead atoms. The van der Waals surface area contributed by atoms with Crippen LogP contribution in [0.15, 0.2) is 12.8 Å². The highest BCUT2D eigenvalue weighted by Gasteiger charge is 2.34. The maximum Gasteiger partial charge on any atom is 0.577 e. The number of halogens is 3. The maximum absolute atomic E-state index is 11.1. The van der Waals surface area contributed by atoms with Crippen molar-refractivity contribution in [2.75, 3.05) is 0 Å². The summed E-state index contributed by atoms with van der Waals surface area (Å²) in [4.78, 5) is 18.8. The van der Waals surface area contributed by atoms with Crippen LogP contribution in [-0.2, 0) is 14.3 Å². The van der Waals surface area contributed by atoms with E-state index in [0.29, 0.717) is 6.26 Å². The first-order chi connectivity index (χ1) is 6.19. The standard InChI is InChI=1S/C4H3F3O3.C2H4O2/c1-2-9-3(8)10-4(5,6)7;1-2(3)4/h2H,1H2;1H3,(H,3,4).